The third kappa shape index (κ3) is 3.90. The van der Waals surface area contributed by atoms with Crippen molar-refractivity contribution in [1.29, 1.82) is 0 Å². The van der Waals surface area contributed by atoms with Crippen molar-refractivity contribution < 1.29 is 0 Å². The van der Waals surface area contributed by atoms with E-state index in [0.717, 1.165) is 12.5 Å². The second-order valence-electron chi connectivity index (χ2n) is 6.09. The Kier molecular flexibility index (Phi) is 4.82. The Morgan fingerprint density at radius 2 is 1.95 bits per heavy atom. The standard InChI is InChI=1S/C17H25N3/c1-2-5-16(6-3-1)14-19-9-11-20(12-10-19)15-17-7-4-8-18-13-17/h1-2,4,7-8,13,16H,3,5-6,9-12,14-15H2/t16-/m1/s1. The van der Waals surface area contributed by atoms with E-state index >= 15 is 0 Å². The SMILES string of the molecule is C1=CC[C@@H](CN2CCN(Cc3cccnc3)CC2)CC1. The Bertz CT molecular complexity index is 421. The molecule has 0 N–H and O–H groups in total. The van der Waals surface area contributed by atoms with Crippen molar-refractivity contribution in [3.05, 3.63) is 42.2 Å². The van der Waals surface area contributed by atoms with Crippen molar-refractivity contribution in [3.63, 3.8) is 0 Å². The number of piperazine rings is 1. The summed E-state index contributed by atoms with van der Waals surface area (Å²) in [7, 11) is 0. The number of nitrogens with zero attached hydrogens (tertiary/aromatic N) is 3. The quantitative estimate of drug-likeness (QED) is 0.785. The summed E-state index contributed by atoms with van der Waals surface area (Å²) in [6.45, 7) is 7.18. The van der Waals surface area contributed by atoms with Crippen molar-refractivity contribution in [2.24, 2.45) is 5.92 Å². The molecule has 0 bridgehead atoms. The van der Waals surface area contributed by atoms with E-state index in [0.29, 0.717) is 0 Å². The Balaban J connectivity index is 1.41. The van der Waals surface area contributed by atoms with Gasteiger partial charge in [-0.15, -0.1) is 0 Å². The summed E-state index contributed by atoms with van der Waals surface area (Å²) in [5, 5.41) is 0. The first-order valence-electron chi connectivity index (χ1n) is 7.89. The van der Waals surface area contributed by atoms with Crippen LogP contribution in [0.4, 0.5) is 0 Å². The number of hydrogen-bond donors (Lipinski definition) is 0. The lowest BCUT2D eigenvalue weighted by Crippen LogP contribution is -2.47. The van der Waals surface area contributed by atoms with Gasteiger partial charge in [0.05, 0.1) is 0 Å². The smallest absolute Gasteiger partial charge is 0.0312 e. The van der Waals surface area contributed by atoms with E-state index in [9.17, 15) is 0 Å². The van der Waals surface area contributed by atoms with Crippen LogP contribution in [0.15, 0.2) is 36.7 Å². The summed E-state index contributed by atoms with van der Waals surface area (Å²) < 4.78 is 0. The maximum atomic E-state index is 4.20. The van der Waals surface area contributed by atoms with Gasteiger partial charge in [0.1, 0.15) is 0 Å². The van der Waals surface area contributed by atoms with E-state index in [1.165, 1.54) is 57.5 Å². The number of aromatic nitrogens is 1. The van der Waals surface area contributed by atoms with E-state index in [1.807, 2.05) is 18.5 Å². The van der Waals surface area contributed by atoms with Crippen LogP contribution in [0.2, 0.25) is 0 Å². The molecule has 20 heavy (non-hydrogen) atoms. The minimum atomic E-state index is 0.893. The topological polar surface area (TPSA) is 19.4 Å². The zero-order valence-corrected chi connectivity index (χ0v) is 12.2. The van der Waals surface area contributed by atoms with Gasteiger partial charge in [-0.05, 0) is 36.8 Å². The van der Waals surface area contributed by atoms with Crippen molar-refractivity contribution in [2.75, 3.05) is 32.7 Å². The van der Waals surface area contributed by atoms with Crippen molar-refractivity contribution in [2.45, 2.75) is 25.8 Å². The fourth-order valence-electron chi connectivity index (χ4n) is 3.27. The van der Waals surface area contributed by atoms with Gasteiger partial charge in [-0.3, -0.25) is 9.88 Å². The molecule has 3 nitrogen and oxygen atoms in total. The summed E-state index contributed by atoms with van der Waals surface area (Å²) in [5.74, 6) is 0.893. The predicted octanol–water partition coefficient (Wildman–Crippen LogP) is 2.56. The van der Waals surface area contributed by atoms with Crippen LogP contribution in [0, 0.1) is 5.92 Å². The number of allylic oxidation sites excluding steroid dienone is 2. The maximum absolute atomic E-state index is 4.20. The molecule has 0 saturated carbocycles. The van der Waals surface area contributed by atoms with Crippen LogP contribution in [0.25, 0.3) is 0 Å². The molecule has 3 rings (SSSR count). The number of pyridine rings is 1. The van der Waals surface area contributed by atoms with Crippen molar-refractivity contribution in [1.82, 2.24) is 14.8 Å². The van der Waals surface area contributed by atoms with E-state index in [-0.39, 0.29) is 0 Å². The molecule has 1 saturated heterocycles. The van der Waals surface area contributed by atoms with E-state index < -0.39 is 0 Å². The predicted molar refractivity (Wildman–Crippen MR) is 82.4 cm³/mol. The highest BCUT2D eigenvalue weighted by atomic mass is 15.3. The van der Waals surface area contributed by atoms with Gasteiger partial charge in [0.15, 0.2) is 0 Å². The van der Waals surface area contributed by atoms with Crippen LogP contribution in [0.5, 0.6) is 0 Å². The fourth-order valence-corrected chi connectivity index (χ4v) is 3.27. The van der Waals surface area contributed by atoms with Crippen LogP contribution < -0.4 is 0 Å². The van der Waals surface area contributed by atoms with Crippen LogP contribution in [0.3, 0.4) is 0 Å². The molecule has 1 aromatic heterocycles. The normalized spacial score (nSPS) is 24.9. The molecule has 1 atom stereocenters. The monoisotopic (exact) mass is 271 g/mol. The molecule has 0 aromatic carbocycles. The lowest BCUT2D eigenvalue weighted by Gasteiger charge is -2.36. The van der Waals surface area contributed by atoms with Gasteiger partial charge in [-0.25, -0.2) is 0 Å². The van der Waals surface area contributed by atoms with Crippen LogP contribution >= 0.6 is 0 Å². The van der Waals surface area contributed by atoms with Gasteiger partial charge in [-0.1, -0.05) is 18.2 Å². The molecule has 108 valence electrons. The summed E-state index contributed by atoms with van der Waals surface area (Å²) in [5.41, 5.74) is 1.33. The van der Waals surface area contributed by atoms with Gasteiger partial charge in [0.2, 0.25) is 0 Å². The third-order valence-corrected chi connectivity index (χ3v) is 4.49. The van der Waals surface area contributed by atoms with Gasteiger partial charge < -0.3 is 4.90 Å². The average molecular weight is 271 g/mol. The Morgan fingerprint density at radius 3 is 2.65 bits per heavy atom. The molecule has 1 aromatic rings. The molecule has 0 unspecified atom stereocenters. The van der Waals surface area contributed by atoms with Gasteiger partial charge >= 0.3 is 0 Å². The molecule has 1 aliphatic carbocycles. The summed E-state index contributed by atoms with van der Waals surface area (Å²) >= 11 is 0. The van der Waals surface area contributed by atoms with Crippen LogP contribution in [-0.4, -0.2) is 47.5 Å². The highest BCUT2D eigenvalue weighted by Crippen LogP contribution is 2.20. The minimum Gasteiger partial charge on any atom is -0.301 e. The molecule has 0 radical (unpaired) electrons. The zero-order chi connectivity index (χ0) is 13.6. The molecular formula is C17H25N3. The first kappa shape index (κ1) is 13.8. The number of hydrogen-bond acceptors (Lipinski definition) is 3. The largest absolute Gasteiger partial charge is 0.301 e. The minimum absolute atomic E-state index is 0.893. The Hall–Kier alpha value is -1.19. The average Bonchev–Trinajstić information content (AvgIpc) is 2.51. The van der Waals surface area contributed by atoms with Crippen LogP contribution in [0.1, 0.15) is 24.8 Å². The van der Waals surface area contributed by atoms with Gasteiger partial charge in [0, 0.05) is 51.7 Å². The van der Waals surface area contributed by atoms with Gasteiger partial charge in [-0.2, -0.15) is 0 Å². The van der Waals surface area contributed by atoms with E-state index in [1.54, 1.807) is 0 Å². The maximum Gasteiger partial charge on any atom is 0.0312 e. The third-order valence-electron chi connectivity index (χ3n) is 4.49. The zero-order valence-electron chi connectivity index (χ0n) is 12.2. The highest BCUT2D eigenvalue weighted by molar-refractivity contribution is 5.08. The fraction of sp³-hybridized carbons (Fsp3) is 0.588. The van der Waals surface area contributed by atoms with Crippen molar-refractivity contribution >= 4 is 0 Å². The molecule has 0 spiro atoms. The second-order valence-corrected chi connectivity index (χ2v) is 6.09. The molecule has 1 aliphatic heterocycles. The van der Waals surface area contributed by atoms with Gasteiger partial charge in [0.25, 0.3) is 0 Å². The Morgan fingerprint density at radius 1 is 1.10 bits per heavy atom. The summed E-state index contributed by atoms with van der Waals surface area (Å²) in [6, 6.07) is 4.20. The molecule has 2 heterocycles. The second kappa shape index (κ2) is 7.00. The highest BCUT2D eigenvalue weighted by Gasteiger charge is 2.20. The molecular weight excluding hydrogens is 246 g/mol. The lowest BCUT2D eigenvalue weighted by molar-refractivity contribution is 0.111. The van der Waals surface area contributed by atoms with Crippen LogP contribution in [-0.2, 0) is 6.54 Å². The molecule has 3 heteroatoms. The Labute approximate surface area is 122 Å². The molecule has 1 fully saturated rings. The molecule has 2 aliphatic rings. The first-order chi connectivity index (χ1) is 9.90. The summed E-state index contributed by atoms with van der Waals surface area (Å²) in [6.07, 6.45) is 12.5. The molecule has 0 amide bonds. The first-order valence-corrected chi connectivity index (χ1v) is 7.89. The van der Waals surface area contributed by atoms with E-state index in [2.05, 4.69) is 33.0 Å². The van der Waals surface area contributed by atoms with E-state index in [4.69, 9.17) is 0 Å². The lowest BCUT2D eigenvalue weighted by atomic mass is 9.94. The number of rotatable bonds is 4. The van der Waals surface area contributed by atoms with Crippen molar-refractivity contribution in [3.8, 4) is 0 Å². The summed E-state index contributed by atoms with van der Waals surface area (Å²) in [4.78, 5) is 9.41.